The van der Waals surface area contributed by atoms with Crippen LogP contribution in [-0.2, 0) is 5.75 Å². The first kappa shape index (κ1) is 14.5. The van der Waals surface area contributed by atoms with Gasteiger partial charge in [0.15, 0.2) is 0 Å². The lowest BCUT2D eigenvalue weighted by atomic mass is 9.99. The molecular weight excluding hydrogens is 304 g/mol. The Morgan fingerprint density at radius 1 is 1.21 bits per heavy atom. The van der Waals surface area contributed by atoms with E-state index < -0.39 is 0 Å². The Balaban J connectivity index is 0.00000133. The molecule has 1 aliphatic heterocycles. The van der Waals surface area contributed by atoms with Crippen LogP contribution >= 0.6 is 35.8 Å². The predicted molar refractivity (Wildman–Crippen MR) is 82.7 cm³/mol. The van der Waals surface area contributed by atoms with Gasteiger partial charge in [-0.05, 0) is 41.0 Å². The molecule has 0 saturated carbocycles. The van der Waals surface area contributed by atoms with Crippen LogP contribution in [0.3, 0.4) is 0 Å². The van der Waals surface area contributed by atoms with E-state index in [1.165, 1.54) is 12.1 Å². The second kappa shape index (κ2) is 5.61. The first-order valence-corrected chi connectivity index (χ1v) is 7.03. The molecule has 0 radical (unpaired) electrons. The highest BCUT2D eigenvalue weighted by atomic mass is 35.5. The van der Waals surface area contributed by atoms with Crippen LogP contribution in [0.4, 0.5) is 10.1 Å². The number of benzene rings is 2. The number of rotatable bonds is 1. The summed E-state index contributed by atoms with van der Waals surface area (Å²) in [7, 11) is 0. The molecule has 0 saturated heterocycles. The molecule has 2 aromatic carbocycles. The van der Waals surface area contributed by atoms with Crippen LogP contribution in [0.5, 0.6) is 0 Å². The third-order valence-corrected chi connectivity index (χ3v) is 4.81. The van der Waals surface area contributed by atoms with Gasteiger partial charge in [-0.1, -0.05) is 23.7 Å². The smallest absolute Gasteiger partial charge is 0.123 e. The number of fused-ring (bicyclic) bond motifs is 1. The molecule has 2 N–H and O–H groups in total. The second-order valence-electron chi connectivity index (χ2n) is 4.27. The molecule has 100 valence electrons. The van der Waals surface area contributed by atoms with Crippen LogP contribution in [0.25, 0.3) is 0 Å². The van der Waals surface area contributed by atoms with Gasteiger partial charge in [-0.2, -0.15) is 0 Å². The lowest BCUT2D eigenvalue weighted by Gasteiger charge is -2.13. The molecule has 1 heterocycles. The Morgan fingerprint density at radius 3 is 2.79 bits per heavy atom. The molecule has 19 heavy (non-hydrogen) atoms. The van der Waals surface area contributed by atoms with Gasteiger partial charge >= 0.3 is 0 Å². The molecule has 0 aromatic heterocycles. The van der Waals surface area contributed by atoms with Crippen molar-refractivity contribution in [2.24, 2.45) is 0 Å². The fraction of sp³-hybridized carbons (Fsp3) is 0.143. The van der Waals surface area contributed by atoms with Gasteiger partial charge in [-0.3, -0.25) is 0 Å². The van der Waals surface area contributed by atoms with Gasteiger partial charge in [0.05, 0.1) is 5.25 Å². The summed E-state index contributed by atoms with van der Waals surface area (Å²) < 4.78 is 13.4. The summed E-state index contributed by atoms with van der Waals surface area (Å²) in [5, 5.41) is 0.677. The van der Waals surface area contributed by atoms with Crippen molar-refractivity contribution < 1.29 is 4.39 Å². The van der Waals surface area contributed by atoms with Gasteiger partial charge in [0.1, 0.15) is 5.82 Å². The molecule has 2 aromatic rings. The highest BCUT2D eigenvalue weighted by Gasteiger charge is 2.27. The molecule has 0 fully saturated rings. The maximum absolute atomic E-state index is 13.4. The van der Waals surface area contributed by atoms with Crippen LogP contribution in [0.15, 0.2) is 36.4 Å². The topological polar surface area (TPSA) is 26.0 Å². The van der Waals surface area contributed by atoms with Crippen LogP contribution in [-0.4, -0.2) is 0 Å². The van der Waals surface area contributed by atoms with Crippen molar-refractivity contribution in [3.05, 3.63) is 63.9 Å². The summed E-state index contributed by atoms with van der Waals surface area (Å²) in [4.78, 5) is 0. The quantitative estimate of drug-likeness (QED) is 0.763. The normalized spacial score (nSPS) is 16.8. The monoisotopic (exact) mass is 315 g/mol. The Kier molecular flexibility index (Phi) is 4.29. The van der Waals surface area contributed by atoms with E-state index in [0.29, 0.717) is 5.02 Å². The van der Waals surface area contributed by atoms with Crippen molar-refractivity contribution in [3.63, 3.8) is 0 Å². The lowest BCUT2D eigenvalue weighted by Crippen LogP contribution is -1.97. The summed E-state index contributed by atoms with van der Waals surface area (Å²) in [6.45, 7) is 0. The van der Waals surface area contributed by atoms with Crippen LogP contribution in [0, 0.1) is 5.82 Å². The molecule has 0 aliphatic carbocycles. The van der Waals surface area contributed by atoms with E-state index in [-0.39, 0.29) is 23.5 Å². The van der Waals surface area contributed by atoms with E-state index >= 15 is 0 Å². The van der Waals surface area contributed by atoms with Gasteiger partial charge in [0, 0.05) is 16.5 Å². The zero-order chi connectivity index (χ0) is 12.7. The minimum atomic E-state index is -0.257. The molecule has 1 nitrogen and oxygen atoms in total. The number of hydrogen-bond donors (Lipinski definition) is 1. The number of thioether (sulfide) groups is 1. The van der Waals surface area contributed by atoms with E-state index in [0.717, 1.165) is 28.1 Å². The van der Waals surface area contributed by atoms with Gasteiger partial charge in [-0.15, -0.1) is 24.2 Å². The largest absolute Gasteiger partial charge is 0.398 e. The van der Waals surface area contributed by atoms with Crippen LogP contribution < -0.4 is 5.73 Å². The van der Waals surface area contributed by atoms with E-state index in [2.05, 4.69) is 0 Å². The standard InChI is InChI=1S/C14H11ClFNS.ClH/c15-12-5-4-8(16)6-10(12)14-9-2-1-3-13(17)11(9)7-18-14;/h1-6,14H,7,17H2;1H. The third-order valence-electron chi connectivity index (χ3n) is 3.17. The summed E-state index contributed by atoms with van der Waals surface area (Å²) in [6.07, 6.45) is 0. The number of nitrogens with two attached hydrogens (primary N) is 1. The average molecular weight is 316 g/mol. The number of hydrogen-bond acceptors (Lipinski definition) is 2. The van der Waals surface area contributed by atoms with Gasteiger partial charge < -0.3 is 5.73 Å². The number of halogens is 3. The third kappa shape index (κ3) is 2.55. The molecular formula is C14H12Cl2FNS. The molecule has 1 unspecified atom stereocenters. The van der Waals surface area contributed by atoms with E-state index in [1.807, 2.05) is 18.2 Å². The fourth-order valence-corrected chi connectivity index (χ4v) is 4.00. The van der Waals surface area contributed by atoms with Crippen LogP contribution in [0.1, 0.15) is 21.9 Å². The summed E-state index contributed by atoms with van der Waals surface area (Å²) in [6, 6.07) is 10.4. The molecule has 0 bridgehead atoms. The SMILES string of the molecule is Cl.Nc1cccc2c1CSC2c1cc(F)ccc1Cl. The van der Waals surface area contributed by atoms with Crippen molar-refractivity contribution in [2.45, 2.75) is 11.0 Å². The lowest BCUT2D eigenvalue weighted by molar-refractivity contribution is 0.626. The number of anilines is 1. The van der Waals surface area contributed by atoms with Gasteiger partial charge in [-0.25, -0.2) is 4.39 Å². The average Bonchev–Trinajstić information content (AvgIpc) is 2.77. The van der Waals surface area contributed by atoms with Crippen molar-refractivity contribution in [2.75, 3.05) is 5.73 Å². The minimum absolute atomic E-state index is 0. The van der Waals surface area contributed by atoms with Gasteiger partial charge in [0.2, 0.25) is 0 Å². The van der Waals surface area contributed by atoms with Crippen molar-refractivity contribution >= 4 is 41.5 Å². The predicted octanol–water partition coefficient (Wildman–Crippen LogP) is 4.82. The zero-order valence-electron chi connectivity index (χ0n) is 9.90. The molecule has 0 amide bonds. The Morgan fingerprint density at radius 2 is 2.00 bits per heavy atom. The molecule has 1 aliphatic rings. The summed E-state index contributed by atoms with van der Waals surface area (Å²) >= 11 is 7.90. The van der Waals surface area contributed by atoms with Gasteiger partial charge in [0.25, 0.3) is 0 Å². The summed E-state index contributed by atoms with van der Waals surface area (Å²) in [5.74, 6) is 0.590. The molecule has 5 heteroatoms. The zero-order valence-corrected chi connectivity index (χ0v) is 12.3. The fourth-order valence-electron chi connectivity index (χ4n) is 2.26. The maximum atomic E-state index is 13.4. The first-order valence-electron chi connectivity index (χ1n) is 5.60. The Bertz CT molecular complexity index is 618. The summed E-state index contributed by atoms with van der Waals surface area (Å²) in [5.41, 5.74) is 9.88. The molecule has 3 rings (SSSR count). The Labute approximate surface area is 126 Å². The minimum Gasteiger partial charge on any atom is -0.398 e. The highest BCUT2D eigenvalue weighted by Crippen LogP contribution is 2.49. The second-order valence-corrected chi connectivity index (χ2v) is 5.77. The van der Waals surface area contributed by atoms with E-state index in [9.17, 15) is 4.39 Å². The number of nitrogen functional groups attached to an aromatic ring is 1. The van der Waals surface area contributed by atoms with Crippen molar-refractivity contribution in [1.29, 1.82) is 0 Å². The molecule has 1 atom stereocenters. The van der Waals surface area contributed by atoms with Crippen molar-refractivity contribution in [3.8, 4) is 0 Å². The molecule has 0 spiro atoms. The maximum Gasteiger partial charge on any atom is 0.123 e. The Hall–Kier alpha value is -0.900. The van der Waals surface area contributed by atoms with Crippen LogP contribution in [0.2, 0.25) is 5.02 Å². The van der Waals surface area contributed by atoms with E-state index in [1.54, 1.807) is 17.8 Å². The van der Waals surface area contributed by atoms with Crippen molar-refractivity contribution in [1.82, 2.24) is 0 Å². The van der Waals surface area contributed by atoms with E-state index in [4.69, 9.17) is 17.3 Å². The first-order chi connectivity index (χ1) is 8.66. The highest BCUT2D eigenvalue weighted by molar-refractivity contribution is 7.99.